The fourth-order valence-electron chi connectivity index (χ4n) is 2.29. The van der Waals surface area contributed by atoms with E-state index in [0.717, 1.165) is 44.8 Å². The molecule has 0 bridgehead atoms. The van der Waals surface area contributed by atoms with Gasteiger partial charge < -0.3 is 10.1 Å². The second kappa shape index (κ2) is 7.97. The molecule has 20 heavy (non-hydrogen) atoms. The van der Waals surface area contributed by atoms with Gasteiger partial charge in [-0.2, -0.15) is 0 Å². The van der Waals surface area contributed by atoms with Crippen LogP contribution in [0.15, 0.2) is 24.5 Å². The molecule has 0 radical (unpaired) electrons. The van der Waals surface area contributed by atoms with E-state index in [1.54, 1.807) is 12.4 Å². The molecule has 2 rings (SSSR count). The number of aromatic nitrogens is 1. The minimum atomic E-state index is 0.0625. The summed E-state index contributed by atoms with van der Waals surface area (Å²) in [5.41, 5.74) is 0.949. The molecule has 0 saturated carbocycles. The molecule has 1 N–H and O–H groups in total. The Labute approximate surface area is 120 Å². The van der Waals surface area contributed by atoms with Crippen LogP contribution in [-0.4, -0.2) is 54.7 Å². The molecule has 1 atom stereocenters. The van der Waals surface area contributed by atoms with Gasteiger partial charge in [-0.15, -0.1) is 0 Å². The van der Waals surface area contributed by atoms with Gasteiger partial charge >= 0.3 is 0 Å². The van der Waals surface area contributed by atoms with E-state index in [2.05, 4.69) is 22.1 Å². The Hall–Kier alpha value is -1.46. The van der Waals surface area contributed by atoms with Crippen LogP contribution in [0.5, 0.6) is 0 Å². The van der Waals surface area contributed by atoms with Crippen molar-refractivity contribution in [2.75, 3.05) is 32.8 Å². The second-order valence-corrected chi connectivity index (χ2v) is 5.25. The first-order valence-electron chi connectivity index (χ1n) is 7.22. The molecule has 2 heterocycles. The predicted octanol–water partition coefficient (Wildman–Crippen LogP) is 0.851. The van der Waals surface area contributed by atoms with Crippen LogP contribution in [0.25, 0.3) is 0 Å². The van der Waals surface area contributed by atoms with Gasteiger partial charge in [0.15, 0.2) is 0 Å². The molecule has 1 amide bonds. The molecule has 5 nitrogen and oxygen atoms in total. The number of carbonyl (C=O) groups is 1. The highest BCUT2D eigenvalue weighted by molar-refractivity contribution is 5.78. The highest BCUT2D eigenvalue weighted by Crippen LogP contribution is 2.02. The first kappa shape index (κ1) is 14.9. The van der Waals surface area contributed by atoms with Crippen molar-refractivity contribution in [3.05, 3.63) is 30.1 Å². The zero-order valence-corrected chi connectivity index (χ0v) is 12.0. The van der Waals surface area contributed by atoms with Crippen LogP contribution in [0.1, 0.15) is 18.9 Å². The number of carbonyl (C=O) groups excluding carboxylic acids is 1. The summed E-state index contributed by atoms with van der Waals surface area (Å²) < 4.78 is 5.32. The highest BCUT2D eigenvalue weighted by atomic mass is 16.5. The van der Waals surface area contributed by atoms with Crippen molar-refractivity contribution in [2.24, 2.45) is 0 Å². The summed E-state index contributed by atoms with van der Waals surface area (Å²) >= 11 is 0. The van der Waals surface area contributed by atoms with Gasteiger partial charge in [-0.25, -0.2) is 0 Å². The van der Waals surface area contributed by atoms with E-state index >= 15 is 0 Å². The van der Waals surface area contributed by atoms with Crippen molar-refractivity contribution in [3.8, 4) is 0 Å². The monoisotopic (exact) mass is 277 g/mol. The smallest absolute Gasteiger partial charge is 0.224 e. The largest absolute Gasteiger partial charge is 0.379 e. The van der Waals surface area contributed by atoms with E-state index in [4.69, 9.17) is 4.74 Å². The van der Waals surface area contributed by atoms with Gasteiger partial charge in [-0.05, 0) is 25.0 Å². The summed E-state index contributed by atoms with van der Waals surface area (Å²) in [6.45, 7) is 6.70. The standard InChI is InChI=1S/C15H23N3O2/c1-13(4-6-18-7-9-20-10-8-18)17-15(19)11-14-3-2-5-16-12-14/h2-3,5,12-13H,4,6-11H2,1H3,(H,17,19)/t13-/m0/s1. The van der Waals surface area contributed by atoms with E-state index < -0.39 is 0 Å². The number of hydrogen-bond acceptors (Lipinski definition) is 4. The Bertz CT molecular complexity index is 405. The van der Waals surface area contributed by atoms with E-state index in [0.29, 0.717) is 6.42 Å². The lowest BCUT2D eigenvalue weighted by atomic mass is 10.1. The number of amides is 1. The number of hydrogen-bond donors (Lipinski definition) is 1. The Morgan fingerprint density at radius 2 is 2.30 bits per heavy atom. The maximum absolute atomic E-state index is 11.9. The van der Waals surface area contributed by atoms with Gasteiger partial charge in [0.05, 0.1) is 19.6 Å². The molecular formula is C15H23N3O2. The molecule has 5 heteroatoms. The fraction of sp³-hybridized carbons (Fsp3) is 0.600. The molecule has 1 saturated heterocycles. The van der Waals surface area contributed by atoms with Crippen molar-refractivity contribution in [2.45, 2.75) is 25.8 Å². The van der Waals surface area contributed by atoms with Crippen molar-refractivity contribution >= 4 is 5.91 Å². The quantitative estimate of drug-likeness (QED) is 0.837. The van der Waals surface area contributed by atoms with E-state index in [9.17, 15) is 4.79 Å². The zero-order valence-electron chi connectivity index (χ0n) is 12.0. The molecule has 0 aliphatic carbocycles. The third kappa shape index (κ3) is 5.27. The number of nitrogens with zero attached hydrogens (tertiary/aromatic N) is 2. The number of pyridine rings is 1. The molecule has 0 aromatic carbocycles. The topological polar surface area (TPSA) is 54.5 Å². The first-order chi connectivity index (χ1) is 9.74. The summed E-state index contributed by atoms with van der Waals surface area (Å²) in [7, 11) is 0. The van der Waals surface area contributed by atoms with Gasteiger partial charge in [0.1, 0.15) is 0 Å². The number of nitrogens with one attached hydrogen (secondary N) is 1. The zero-order chi connectivity index (χ0) is 14.2. The minimum Gasteiger partial charge on any atom is -0.379 e. The average Bonchev–Trinajstić information content (AvgIpc) is 2.47. The summed E-state index contributed by atoms with van der Waals surface area (Å²) in [6, 6.07) is 3.97. The molecule has 1 aliphatic rings. The Balaban J connectivity index is 1.65. The van der Waals surface area contributed by atoms with Crippen LogP contribution in [-0.2, 0) is 16.0 Å². The van der Waals surface area contributed by atoms with Crippen LogP contribution in [0.3, 0.4) is 0 Å². The molecule has 1 aromatic heterocycles. The number of morpholine rings is 1. The Kier molecular flexibility index (Phi) is 5.95. The van der Waals surface area contributed by atoms with Crippen molar-refractivity contribution in [1.29, 1.82) is 0 Å². The molecule has 1 aliphatic heterocycles. The number of ether oxygens (including phenoxy) is 1. The second-order valence-electron chi connectivity index (χ2n) is 5.25. The summed E-state index contributed by atoms with van der Waals surface area (Å²) in [5, 5.41) is 3.04. The summed E-state index contributed by atoms with van der Waals surface area (Å²) in [4.78, 5) is 18.3. The van der Waals surface area contributed by atoms with Crippen LogP contribution in [0, 0.1) is 0 Å². The first-order valence-corrected chi connectivity index (χ1v) is 7.22. The van der Waals surface area contributed by atoms with Gasteiger partial charge in [0.25, 0.3) is 0 Å². The third-order valence-electron chi connectivity index (χ3n) is 3.48. The maximum Gasteiger partial charge on any atom is 0.224 e. The lowest BCUT2D eigenvalue weighted by Crippen LogP contribution is -2.40. The Morgan fingerprint density at radius 3 is 3.00 bits per heavy atom. The van der Waals surface area contributed by atoms with Crippen molar-refractivity contribution < 1.29 is 9.53 Å². The molecule has 0 spiro atoms. The third-order valence-corrected chi connectivity index (χ3v) is 3.48. The van der Waals surface area contributed by atoms with Crippen LogP contribution in [0.2, 0.25) is 0 Å². The predicted molar refractivity (Wildman–Crippen MR) is 77.4 cm³/mol. The van der Waals surface area contributed by atoms with Crippen molar-refractivity contribution in [3.63, 3.8) is 0 Å². The molecule has 0 unspecified atom stereocenters. The maximum atomic E-state index is 11.9. The van der Waals surface area contributed by atoms with Gasteiger partial charge in [0, 0.05) is 38.1 Å². The van der Waals surface area contributed by atoms with Crippen LogP contribution < -0.4 is 5.32 Å². The van der Waals surface area contributed by atoms with Gasteiger partial charge in [-0.3, -0.25) is 14.7 Å². The van der Waals surface area contributed by atoms with E-state index in [-0.39, 0.29) is 11.9 Å². The van der Waals surface area contributed by atoms with E-state index in [1.165, 1.54) is 0 Å². The van der Waals surface area contributed by atoms with Crippen LogP contribution >= 0.6 is 0 Å². The normalized spacial score (nSPS) is 17.6. The van der Waals surface area contributed by atoms with Crippen LogP contribution in [0.4, 0.5) is 0 Å². The lowest BCUT2D eigenvalue weighted by Gasteiger charge is -2.27. The van der Waals surface area contributed by atoms with Gasteiger partial charge in [-0.1, -0.05) is 6.07 Å². The fourth-order valence-corrected chi connectivity index (χ4v) is 2.29. The SMILES string of the molecule is C[C@@H](CCN1CCOCC1)NC(=O)Cc1cccnc1. The average molecular weight is 277 g/mol. The highest BCUT2D eigenvalue weighted by Gasteiger charge is 2.13. The molecule has 110 valence electrons. The Morgan fingerprint density at radius 1 is 1.50 bits per heavy atom. The minimum absolute atomic E-state index is 0.0625. The summed E-state index contributed by atoms with van der Waals surface area (Å²) in [5.74, 6) is 0.0625. The van der Waals surface area contributed by atoms with Gasteiger partial charge in [0.2, 0.25) is 5.91 Å². The molecular weight excluding hydrogens is 254 g/mol. The summed E-state index contributed by atoms with van der Waals surface area (Å²) in [6.07, 6.45) is 4.82. The molecule has 1 aromatic rings. The molecule has 1 fully saturated rings. The lowest BCUT2D eigenvalue weighted by molar-refractivity contribution is -0.121. The van der Waals surface area contributed by atoms with Crippen molar-refractivity contribution in [1.82, 2.24) is 15.2 Å². The van der Waals surface area contributed by atoms with E-state index in [1.807, 2.05) is 12.1 Å². The number of rotatable bonds is 6.